The summed E-state index contributed by atoms with van der Waals surface area (Å²) in [6, 6.07) is 12.4. The first-order chi connectivity index (χ1) is 9.20. The lowest BCUT2D eigenvalue weighted by atomic mass is 9.99. The molecule has 3 heteroatoms. The minimum Gasteiger partial charge on any atom is -0.313 e. The van der Waals surface area contributed by atoms with E-state index in [1.54, 1.807) is 6.07 Å². The number of hydrogen-bond acceptors (Lipinski definition) is 1. The molecule has 0 radical (unpaired) electrons. The molecule has 0 fully saturated rings. The molecule has 0 unspecified atom stereocenters. The van der Waals surface area contributed by atoms with Crippen molar-refractivity contribution in [2.75, 3.05) is 6.54 Å². The molecule has 1 N–H and O–H groups in total. The number of hydrogen-bond donors (Lipinski definition) is 1. The molecule has 2 aromatic rings. The molecule has 0 saturated carbocycles. The second kappa shape index (κ2) is 6.69. The van der Waals surface area contributed by atoms with E-state index in [0.717, 1.165) is 36.2 Å². The van der Waals surface area contributed by atoms with Crippen molar-refractivity contribution in [3.8, 4) is 11.1 Å². The fourth-order valence-electron chi connectivity index (χ4n) is 2.00. The largest absolute Gasteiger partial charge is 0.313 e. The second-order valence-corrected chi connectivity index (χ2v) is 4.92. The molecule has 1 nitrogen and oxygen atoms in total. The Morgan fingerprint density at radius 2 is 1.84 bits per heavy atom. The fourth-order valence-corrected chi connectivity index (χ4v) is 2.13. The molecule has 0 aliphatic rings. The van der Waals surface area contributed by atoms with Crippen LogP contribution in [0.3, 0.4) is 0 Å². The Bertz CT molecular complexity index is 537. The van der Waals surface area contributed by atoms with Gasteiger partial charge in [0.2, 0.25) is 0 Å². The maximum Gasteiger partial charge on any atom is 0.123 e. The number of nitrogens with one attached hydrogen (secondary N) is 1. The molecule has 0 bridgehead atoms. The van der Waals surface area contributed by atoms with Crippen LogP contribution in [-0.2, 0) is 6.54 Å². The second-order valence-electron chi connectivity index (χ2n) is 4.49. The summed E-state index contributed by atoms with van der Waals surface area (Å²) in [5, 5.41) is 4.03. The topological polar surface area (TPSA) is 12.0 Å². The molecule has 0 saturated heterocycles. The lowest BCUT2D eigenvalue weighted by molar-refractivity contribution is 0.625. The van der Waals surface area contributed by atoms with Crippen molar-refractivity contribution in [2.45, 2.75) is 19.9 Å². The lowest BCUT2D eigenvalue weighted by Crippen LogP contribution is -2.14. The van der Waals surface area contributed by atoms with Gasteiger partial charge in [-0.25, -0.2) is 4.39 Å². The smallest absolute Gasteiger partial charge is 0.123 e. The highest BCUT2D eigenvalue weighted by Crippen LogP contribution is 2.26. The minimum absolute atomic E-state index is 0.218. The predicted molar refractivity (Wildman–Crippen MR) is 78.8 cm³/mol. The summed E-state index contributed by atoms with van der Waals surface area (Å²) < 4.78 is 13.5. The molecule has 0 aliphatic carbocycles. The summed E-state index contributed by atoms with van der Waals surface area (Å²) >= 11 is 5.89. The van der Waals surface area contributed by atoms with E-state index < -0.39 is 0 Å². The van der Waals surface area contributed by atoms with Gasteiger partial charge < -0.3 is 5.32 Å². The molecular formula is C16H17ClFN. The normalized spacial score (nSPS) is 10.7. The van der Waals surface area contributed by atoms with E-state index >= 15 is 0 Å². The summed E-state index contributed by atoms with van der Waals surface area (Å²) in [4.78, 5) is 0. The number of halogens is 2. The molecule has 2 aromatic carbocycles. The van der Waals surface area contributed by atoms with E-state index in [9.17, 15) is 4.39 Å². The fraction of sp³-hybridized carbons (Fsp3) is 0.250. The first-order valence-electron chi connectivity index (χ1n) is 6.46. The highest BCUT2D eigenvalue weighted by molar-refractivity contribution is 6.30. The summed E-state index contributed by atoms with van der Waals surface area (Å²) in [6.07, 6.45) is 1.08. The van der Waals surface area contributed by atoms with E-state index in [1.807, 2.05) is 30.3 Å². The van der Waals surface area contributed by atoms with E-state index in [4.69, 9.17) is 11.6 Å². The van der Waals surface area contributed by atoms with Crippen molar-refractivity contribution in [3.63, 3.8) is 0 Å². The Kier molecular flexibility index (Phi) is 4.94. The molecule has 0 heterocycles. The monoisotopic (exact) mass is 277 g/mol. The molecule has 0 aliphatic heterocycles. The quantitative estimate of drug-likeness (QED) is 0.785. The van der Waals surface area contributed by atoms with E-state index in [2.05, 4.69) is 12.2 Å². The molecule has 0 atom stereocenters. The summed E-state index contributed by atoms with van der Waals surface area (Å²) in [5.41, 5.74) is 3.00. The van der Waals surface area contributed by atoms with Gasteiger partial charge in [0.15, 0.2) is 0 Å². The van der Waals surface area contributed by atoms with Crippen molar-refractivity contribution in [1.82, 2.24) is 5.32 Å². The van der Waals surface area contributed by atoms with Crippen molar-refractivity contribution in [2.24, 2.45) is 0 Å². The third-order valence-corrected chi connectivity index (χ3v) is 3.22. The van der Waals surface area contributed by atoms with Crippen LogP contribution in [-0.4, -0.2) is 6.54 Å². The van der Waals surface area contributed by atoms with Crippen LogP contribution in [0.15, 0.2) is 42.5 Å². The van der Waals surface area contributed by atoms with Crippen LogP contribution in [0.25, 0.3) is 11.1 Å². The van der Waals surface area contributed by atoms with Gasteiger partial charge in [-0.2, -0.15) is 0 Å². The standard InChI is InChI=1S/C16H17ClFN/c1-2-9-19-11-13-5-8-15(18)10-16(13)12-3-6-14(17)7-4-12/h3-8,10,19H,2,9,11H2,1H3. The summed E-state index contributed by atoms with van der Waals surface area (Å²) in [7, 11) is 0. The van der Waals surface area contributed by atoms with Gasteiger partial charge in [0.1, 0.15) is 5.82 Å². The molecule has 0 amide bonds. The van der Waals surface area contributed by atoms with Gasteiger partial charge in [0.05, 0.1) is 0 Å². The van der Waals surface area contributed by atoms with Crippen LogP contribution in [0.1, 0.15) is 18.9 Å². The summed E-state index contributed by atoms with van der Waals surface area (Å²) in [6.45, 7) is 3.82. The Morgan fingerprint density at radius 3 is 2.53 bits per heavy atom. The first-order valence-corrected chi connectivity index (χ1v) is 6.83. The first kappa shape index (κ1) is 14.0. The highest BCUT2D eigenvalue weighted by Gasteiger charge is 2.06. The molecule has 2 rings (SSSR count). The lowest BCUT2D eigenvalue weighted by Gasteiger charge is -2.11. The highest BCUT2D eigenvalue weighted by atomic mass is 35.5. The average molecular weight is 278 g/mol. The van der Waals surface area contributed by atoms with Crippen LogP contribution >= 0.6 is 11.6 Å². The van der Waals surface area contributed by atoms with Crippen molar-refractivity contribution >= 4 is 11.6 Å². The van der Waals surface area contributed by atoms with Gasteiger partial charge in [-0.05, 0) is 53.9 Å². The SMILES string of the molecule is CCCNCc1ccc(F)cc1-c1ccc(Cl)cc1. The van der Waals surface area contributed by atoms with Gasteiger partial charge >= 0.3 is 0 Å². The zero-order chi connectivity index (χ0) is 13.7. The summed E-state index contributed by atoms with van der Waals surface area (Å²) in [5.74, 6) is -0.218. The zero-order valence-corrected chi connectivity index (χ0v) is 11.7. The molecule has 0 spiro atoms. The Morgan fingerprint density at radius 1 is 1.11 bits per heavy atom. The molecular weight excluding hydrogens is 261 g/mol. The van der Waals surface area contributed by atoms with Crippen molar-refractivity contribution < 1.29 is 4.39 Å². The van der Waals surface area contributed by atoms with Crippen LogP contribution < -0.4 is 5.32 Å². The maximum atomic E-state index is 13.5. The van der Waals surface area contributed by atoms with Crippen LogP contribution in [0.4, 0.5) is 4.39 Å². The number of rotatable bonds is 5. The molecule has 0 aromatic heterocycles. The van der Waals surface area contributed by atoms with E-state index in [0.29, 0.717) is 5.02 Å². The van der Waals surface area contributed by atoms with Gasteiger partial charge in [-0.1, -0.05) is 36.7 Å². The van der Waals surface area contributed by atoms with E-state index in [-0.39, 0.29) is 5.82 Å². The van der Waals surface area contributed by atoms with Gasteiger partial charge in [0.25, 0.3) is 0 Å². The Labute approximate surface area is 118 Å². The van der Waals surface area contributed by atoms with Gasteiger partial charge in [0, 0.05) is 11.6 Å². The predicted octanol–water partition coefficient (Wildman–Crippen LogP) is 4.65. The van der Waals surface area contributed by atoms with Crippen molar-refractivity contribution in [3.05, 3.63) is 58.9 Å². The molecule has 100 valence electrons. The van der Waals surface area contributed by atoms with Gasteiger partial charge in [-0.3, -0.25) is 0 Å². The van der Waals surface area contributed by atoms with Crippen molar-refractivity contribution in [1.29, 1.82) is 0 Å². The average Bonchev–Trinajstić information content (AvgIpc) is 2.41. The van der Waals surface area contributed by atoms with Crippen LogP contribution in [0.2, 0.25) is 5.02 Å². The third-order valence-electron chi connectivity index (χ3n) is 2.97. The van der Waals surface area contributed by atoms with Crippen LogP contribution in [0.5, 0.6) is 0 Å². The Balaban J connectivity index is 2.31. The van der Waals surface area contributed by atoms with Gasteiger partial charge in [-0.15, -0.1) is 0 Å². The molecule has 19 heavy (non-hydrogen) atoms. The zero-order valence-electron chi connectivity index (χ0n) is 10.9. The van der Waals surface area contributed by atoms with E-state index in [1.165, 1.54) is 6.07 Å². The third kappa shape index (κ3) is 3.79. The minimum atomic E-state index is -0.218. The number of benzene rings is 2. The van der Waals surface area contributed by atoms with Crippen LogP contribution in [0, 0.1) is 5.82 Å². The maximum absolute atomic E-state index is 13.5. The Hall–Kier alpha value is -1.38.